The van der Waals surface area contributed by atoms with Crippen molar-refractivity contribution in [3.05, 3.63) is 29.6 Å². The summed E-state index contributed by atoms with van der Waals surface area (Å²) in [6.45, 7) is 0.528. The van der Waals surface area contributed by atoms with E-state index >= 15 is 0 Å². The molecule has 20 heavy (non-hydrogen) atoms. The molecule has 1 aromatic rings. The summed E-state index contributed by atoms with van der Waals surface area (Å²) >= 11 is 0. The van der Waals surface area contributed by atoms with Crippen LogP contribution in [0, 0.1) is 0 Å². The molecule has 8 heteroatoms. The number of hydrogen-bond donors (Lipinski definition) is 4. The summed E-state index contributed by atoms with van der Waals surface area (Å²) in [4.78, 5) is 37.3. The highest BCUT2D eigenvalue weighted by Crippen LogP contribution is 2.02. The first kappa shape index (κ1) is 13.8. The second-order valence-electron chi connectivity index (χ2n) is 4.37. The molecule has 0 spiro atoms. The summed E-state index contributed by atoms with van der Waals surface area (Å²) in [5, 5.41) is 16.6. The van der Waals surface area contributed by atoms with Gasteiger partial charge in [-0.15, -0.1) is 0 Å². The Labute approximate surface area is 114 Å². The fourth-order valence-electron chi connectivity index (χ4n) is 1.82. The molecule has 1 unspecified atom stereocenters. The summed E-state index contributed by atoms with van der Waals surface area (Å²) in [7, 11) is 0. The maximum Gasteiger partial charge on any atom is 0.335 e. The van der Waals surface area contributed by atoms with Crippen LogP contribution >= 0.6 is 0 Å². The van der Waals surface area contributed by atoms with Crippen LogP contribution in [0.5, 0.6) is 0 Å². The maximum absolute atomic E-state index is 11.6. The third-order valence-corrected chi connectivity index (χ3v) is 2.81. The van der Waals surface area contributed by atoms with Crippen molar-refractivity contribution in [1.29, 1.82) is 0 Å². The van der Waals surface area contributed by atoms with E-state index in [4.69, 9.17) is 5.11 Å². The van der Waals surface area contributed by atoms with Crippen molar-refractivity contribution >= 4 is 17.9 Å². The monoisotopic (exact) mass is 278 g/mol. The molecule has 1 aliphatic rings. The normalized spacial score (nSPS) is 17.4. The van der Waals surface area contributed by atoms with Gasteiger partial charge in [-0.1, -0.05) is 0 Å². The molecule has 1 atom stereocenters. The number of aromatic carboxylic acids is 1. The molecule has 1 fully saturated rings. The number of urea groups is 1. The Hall–Kier alpha value is -2.64. The van der Waals surface area contributed by atoms with E-state index in [1.54, 1.807) is 0 Å². The number of aromatic nitrogens is 1. The Morgan fingerprint density at radius 1 is 1.50 bits per heavy atom. The van der Waals surface area contributed by atoms with E-state index in [-0.39, 0.29) is 30.5 Å². The second-order valence-corrected chi connectivity index (χ2v) is 4.37. The van der Waals surface area contributed by atoms with E-state index in [1.807, 2.05) is 0 Å². The van der Waals surface area contributed by atoms with Crippen LogP contribution < -0.4 is 16.0 Å². The molecule has 0 radical (unpaired) electrons. The lowest BCUT2D eigenvalue weighted by Crippen LogP contribution is -2.42. The van der Waals surface area contributed by atoms with Crippen molar-refractivity contribution in [2.45, 2.75) is 19.0 Å². The minimum atomic E-state index is -1.05. The highest BCUT2D eigenvalue weighted by atomic mass is 16.4. The summed E-state index contributed by atoms with van der Waals surface area (Å²) in [6, 6.07) is 2.13. The molecule has 1 aliphatic heterocycles. The molecule has 1 saturated heterocycles. The lowest BCUT2D eigenvalue weighted by atomic mass is 10.2. The number of pyridine rings is 1. The molecular weight excluding hydrogens is 264 g/mol. The third kappa shape index (κ3) is 3.67. The SMILES string of the molecule is O=C1CC(NC(=O)NCc2cc(C(=O)O)ccn2)CN1. The van der Waals surface area contributed by atoms with Crippen LogP contribution in [0.3, 0.4) is 0 Å². The molecule has 4 N–H and O–H groups in total. The molecular formula is C12H14N4O4. The van der Waals surface area contributed by atoms with Crippen molar-refractivity contribution in [3.63, 3.8) is 0 Å². The fourth-order valence-corrected chi connectivity index (χ4v) is 1.82. The quantitative estimate of drug-likeness (QED) is 0.590. The van der Waals surface area contributed by atoms with Gasteiger partial charge in [0.05, 0.1) is 23.8 Å². The summed E-state index contributed by atoms with van der Waals surface area (Å²) in [5.74, 6) is -1.14. The molecule has 0 bridgehead atoms. The van der Waals surface area contributed by atoms with E-state index in [2.05, 4.69) is 20.9 Å². The van der Waals surface area contributed by atoms with Crippen molar-refractivity contribution in [3.8, 4) is 0 Å². The molecule has 3 amide bonds. The van der Waals surface area contributed by atoms with Gasteiger partial charge in [0.15, 0.2) is 0 Å². The Kier molecular flexibility index (Phi) is 4.14. The van der Waals surface area contributed by atoms with Crippen LogP contribution in [0.1, 0.15) is 22.5 Å². The third-order valence-electron chi connectivity index (χ3n) is 2.81. The van der Waals surface area contributed by atoms with Crippen LogP contribution in [0.25, 0.3) is 0 Å². The average molecular weight is 278 g/mol. The summed E-state index contributed by atoms with van der Waals surface area (Å²) < 4.78 is 0. The van der Waals surface area contributed by atoms with Gasteiger partial charge in [-0.05, 0) is 12.1 Å². The minimum Gasteiger partial charge on any atom is -0.478 e. The van der Waals surface area contributed by atoms with Gasteiger partial charge in [-0.2, -0.15) is 0 Å². The smallest absolute Gasteiger partial charge is 0.335 e. The zero-order chi connectivity index (χ0) is 14.5. The van der Waals surface area contributed by atoms with E-state index in [0.29, 0.717) is 12.2 Å². The Bertz CT molecular complexity index is 546. The van der Waals surface area contributed by atoms with Crippen molar-refractivity contribution < 1.29 is 19.5 Å². The van der Waals surface area contributed by atoms with Crippen LogP contribution in [0.4, 0.5) is 4.79 Å². The zero-order valence-electron chi connectivity index (χ0n) is 10.5. The van der Waals surface area contributed by atoms with Gasteiger partial charge in [-0.25, -0.2) is 9.59 Å². The van der Waals surface area contributed by atoms with Crippen LogP contribution in [0.2, 0.25) is 0 Å². The zero-order valence-corrected chi connectivity index (χ0v) is 10.5. The van der Waals surface area contributed by atoms with Gasteiger partial charge in [0.2, 0.25) is 5.91 Å². The van der Waals surface area contributed by atoms with Gasteiger partial charge in [0, 0.05) is 19.2 Å². The molecule has 0 saturated carbocycles. The largest absolute Gasteiger partial charge is 0.478 e. The van der Waals surface area contributed by atoms with Gasteiger partial charge in [0.1, 0.15) is 0 Å². The Morgan fingerprint density at radius 2 is 2.30 bits per heavy atom. The number of carbonyl (C=O) groups excluding carboxylic acids is 2. The minimum absolute atomic E-state index is 0.0915. The number of hydrogen-bond acceptors (Lipinski definition) is 4. The first-order valence-electron chi connectivity index (χ1n) is 6.04. The standard InChI is InChI=1S/C12H14N4O4/c17-10-4-9(6-14-10)16-12(20)15-5-8-3-7(11(18)19)1-2-13-8/h1-3,9H,4-6H2,(H,14,17)(H,18,19)(H2,15,16,20). The Balaban J connectivity index is 1.82. The summed E-state index contributed by atoms with van der Waals surface area (Å²) in [6.07, 6.45) is 1.64. The molecule has 8 nitrogen and oxygen atoms in total. The average Bonchev–Trinajstić information content (AvgIpc) is 2.82. The maximum atomic E-state index is 11.6. The van der Waals surface area contributed by atoms with Crippen LogP contribution in [-0.2, 0) is 11.3 Å². The van der Waals surface area contributed by atoms with Gasteiger partial charge >= 0.3 is 12.0 Å². The predicted molar refractivity (Wildman–Crippen MR) is 68.0 cm³/mol. The molecule has 2 heterocycles. The first-order chi connectivity index (χ1) is 9.54. The van der Waals surface area contributed by atoms with Crippen LogP contribution in [0.15, 0.2) is 18.3 Å². The molecule has 0 aromatic carbocycles. The first-order valence-corrected chi connectivity index (χ1v) is 6.04. The van der Waals surface area contributed by atoms with E-state index in [9.17, 15) is 14.4 Å². The van der Waals surface area contributed by atoms with Crippen LogP contribution in [-0.4, -0.2) is 40.6 Å². The number of amides is 3. The number of nitrogens with zero attached hydrogens (tertiary/aromatic N) is 1. The van der Waals surface area contributed by atoms with Gasteiger partial charge in [-0.3, -0.25) is 9.78 Å². The lowest BCUT2D eigenvalue weighted by molar-refractivity contribution is -0.119. The number of rotatable bonds is 4. The summed E-state index contributed by atoms with van der Waals surface area (Å²) in [5.41, 5.74) is 0.559. The topological polar surface area (TPSA) is 120 Å². The lowest BCUT2D eigenvalue weighted by Gasteiger charge is -2.11. The molecule has 1 aromatic heterocycles. The Morgan fingerprint density at radius 3 is 2.95 bits per heavy atom. The van der Waals surface area contributed by atoms with E-state index in [1.165, 1.54) is 18.3 Å². The van der Waals surface area contributed by atoms with Gasteiger partial charge in [0.25, 0.3) is 0 Å². The molecule has 0 aliphatic carbocycles. The van der Waals surface area contributed by atoms with Gasteiger partial charge < -0.3 is 21.1 Å². The molecule has 106 valence electrons. The van der Waals surface area contributed by atoms with Crippen molar-refractivity contribution in [2.75, 3.05) is 6.54 Å². The van der Waals surface area contributed by atoms with Crippen molar-refractivity contribution in [1.82, 2.24) is 20.9 Å². The highest BCUT2D eigenvalue weighted by Gasteiger charge is 2.22. The second kappa shape index (κ2) is 6.00. The highest BCUT2D eigenvalue weighted by molar-refractivity contribution is 5.87. The fraction of sp³-hybridized carbons (Fsp3) is 0.333. The number of carboxylic acids is 1. The van der Waals surface area contributed by atoms with Crippen molar-refractivity contribution in [2.24, 2.45) is 0 Å². The predicted octanol–water partition coefficient (Wildman–Crippen LogP) is -0.533. The molecule has 2 rings (SSSR count). The van der Waals surface area contributed by atoms with E-state index in [0.717, 1.165) is 0 Å². The number of carboxylic acid groups (broad SMARTS) is 1. The number of nitrogens with one attached hydrogen (secondary N) is 3. The number of carbonyl (C=O) groups is 3. The van der Waals surface area contributed by atoms with E-state index < -0.39 is 12.0 Å².